The van der Waals surface area contributed by atoms with Crippen LogP contribution in [0.2, 0.25) is 0 Å². The Bertz CT molecular complexity index is 736. The lowest BCUT2D eigenvalue weighted by Gasteiger charge is -2.09. The van der Waals surface area contributed by atoms with Crippen LogP contribution in [0.5, 0.6) is 5.75 Å². The first-order valence-corrected chi connectivity index (χ1v) is 6.59. The van der Waals surface area contributed by atoms with Crippen LogP contribution in [0.1, 0.15) is 5.69 Å². The molecule has 100 valence electrons. The van der Waals surface area contributed by atoms with Gasteiger partial charge in [0.1, 0.15) is 5.75 Å². The van der Waals surface area contributed by atoms with Crippen molar-refractivity contribution in [1.29, 1.82) is 0 Å². The van der Waals surface area contributed by atoms with Crippen LogP contribution in [0.25, 0.3) is 10.9 Å². The fourth-order valence-electron chi connectivity index (χ4n) is 2.30. The van der Waals surface area contributed by atoms with E-state index in [9.17, 15) is 0 Å². The fraction of sp³-hybridized carbons (Fsp3) is 0.118. The molecule has 2 N–H and O–H groups in total. The van der Waals surface area contributed by atoms with Crippen LogP contribution in [-0.4, -0.2) is 7.11 Å². The second-order valence-corrected chi connectivity index (χ2v) is 4.77. The van der Waals surface area contributed by atoms with Crippen molar-refractivity contribution in [2.75, 3.05) is 12.4 Å². The zero-order valence-electron chi connectivity index (χ0n) is 11.6. The van der Waals surface area contributed by atoms with E-state index >= 15 is 0 Å². The number of methoxy groups -OCH3 is 1. The average Bonchev–Trinajstić information content (AvgIpc) is 2.48. The summed E-state index contributed by atoms with van der Waals surface area (Å²) in [5.41, 5.74) is 4.40. The van der Waals surface area contributed by atoms with Gasteiger partial charge in [0.05, 0.1) is 18.2 Å². The van der Waals surface area contributed by atoms with Gasteiger partial charge in [-0.3, -0.25) is 0 Å². The van der Waals surface area contributed by atoms with Gasteiger partial charge >= 0.3 is 0 Å². The molecule has 1 aromatic heterocycles. The van der Waals surface area contributed by atoms with Crippen molar-refractivity contribution in [2.24, 2.45) is 0 Å². The molecular weight excluding hydrogens is 248 g/mol. The van der Waals surface area contributed by atoms with Gasteiger partial charge in [0.25, 0.3) is 0 Å². The third-order valence-electron chi connectivity index (χ3n) is 3.28. The van der Waals surface area contributed by atoms with Gasteiger partial charge in [0.15, 0.2) is 5.69 Å². The molecule has 0 amide bonds. The molecular formula is C17H17N2O+. The molecule has 0 aliphatic rings. The molecule has 0 radical (unpaired) electrons. The van der Waals surface area contributed by atoms with E-state index in [1.807, 2.05) is 36.4 Å². The van der Waals surface area contributed by atoms with E-state index in [0.29, 0.717) is 0 Å². The number of nitrogens with one attached hydrogen (secondary N) is 2. The first-order valence-electron chi connectivity index (χ1n) is 6.59. The normalized spacial score (nSPS) is 10.5. The van der Waals surface area contributed by atoms with Gasteiger partial charge in [-0.25, -0.2) is 4.98 Å². The number of para-hydroxylation sites is 1. The number of pyridine rings is 1. The van der Waals surface area contributed by atoms with Crippen molar-refractivity contribution < 1.29 is 9.72 Å². The van der Waals surface area contributed by atoms with E-state index in [1.54, 1.807) is 7.11 Å². The predicted octanol–water partition coefficient (Wildman–Crippen LogP) is 3.71. The van der Waals surface area contributed by atoms with Crippen molar-refractivity contribution in [1.82, 2.24) is 0 Å². The van der Waals surface area contributed by atoms with Crippen molar-refractivity contribution in [2.45, 2.75) is 6.92 Å². The number of benzene rings is 2. The molecule has 0 aliphatic carbocycles. The van der Waals surface area contributed by atoms with Crippen LogP contribution in [0.4, 0.5) is 11.4 Å². The maximum absolute atomic E-state index is 5.18. The van der Waals surface area contributed by atoms with E-state index in [4.69, 9.17) is 4.74 Å². The number of fused-ring (bicyclic) bond motifs is 1. The summed E-state index contributed by atoms with van der Waals surface area (Å²) in [6.45, 7) is 2.06. The van der Waals surface area contributed by atoms with Gasteiger partial charge in [0.2, 0.25) is 5.52 Å². The van der Waals surface area contributed by atoms with Gasteiger partial charge in [-0.15, -0.1) is 0 Å². The van der Waals surface area contributed by atoms with E-state index in [2.05, 4.69) is 35.4 Å². The molecule has 20 heavy (non-hydrogen) atoms. The van der Waals surface area contributed by atoms with E-state index in [0.717, 1.165) is 28.3 Å². The third-order valence-corrected chi connectivity index (χ3v) is 3.28. The number of ether oxygens (including phenoxy) is 1. The zero-order valence-corrected chi connectivity index (χ0v) is 11.6. The summed E-state index contributed by atoms with van der Waals surface area (Å²) in [4.78, 5) is 3.37. The van der Waals surface area contributed by atoms with Gasteiger partial charge in [-0.1, -0.05) is 12.1 Å². The lowest BCUT2D eigenvalue weighted by Crippen LogP contribution is -2.09. The van der Waals surface area contributed by atoms with Crippen molar-refractivity contribution >= 4 is 22.3 Å². The standard InChI is InChI=1S/C17H16N2O/c1-12-11-17(15-5-3-4-6-16(15)18-12)19-13-7-9-14(20-2)10-8-13/h3-11H,1-2H3,(H,18,19)/p+1. The van der Waals surface area contributed by atoms with Gasteiger partial charge in [0, 0.05) is 24.7 Å². The molecule has 0 saturated carbocycles. The molecule has 3 heteroatoms. The molecule has 0 unspecified atom stereocenters. The quantitative estimate of drug-likeness (QED) is 0.783. The van der Waals surface area contributed by atoms with E-state index < -0.39 is 0 Å². The number of aryl methyl sites for hydroxylation is 1. The molecule has 0 saturated heterocycles. The lowest BCUT2D eigenvalue weighted by molar-refractivity contribution is -0.354. The molecule has 3 rings (SSSR count). The summed E-state index contributed by atoms with van der Waals surface area (Å²) >= 11 is 0. The Hall–Kier alpha value is -2.55. The number of rotatable bonds is 3. The van der Waals surface area contributed by atoms with Crippen LogP contribution >= 0.6 is 0 Å². The maximum atomic E-state index is 5.18. The number of hydrogen-bond donors (Lipinski definition) is 1. The predicted molar refractivity (Wildman–Crippen MR) is 81.5 cm³/mol. The Labute approximate surface area is 118 Å². The summed E-state index contributed by atoms with van der Waals surface area (Å²) < 4.78 is 5.18. The maximum Gasteiger partial charge on any atom is 0.213 e. The number of aromatic amines is 1. The largest absolute Gasteiger partial charge is 0.497 e. The zero-order chi connectivity index (χ0) is 13.9. The molecule has 0 atom stereocenters. The van der Waals surface area contributed by atoms with Gasteiger partial charge in [-0.2, -0.15) is 0 Å². The smallest absolute Gasteiger partial charge is 0.213 e. The molecule has 0 spiro atoms. The Morgan fingerprint density at radius 3 is 2.50 bits per heavy atom. The molecule has 0 bridgehead atoms. The Morgan fingerprint density at radius 2 is 1.75 bits per heavy atom. The minimum Gasteiger partial charge on any atom is -0.497 e. The fourth-order valence-corrected chi connectivity index (χ4v) is 2.30. The third kappa shape index (κ3) is 2.43. The summed E-state index contributed by atoms with van der Waals surface area (Å²) in [7, 11) is 1.67. The summed E-state index contributed by atoms with van der Waals surface area (Å²) in [5.74, 6) is 0.859. The van der Waals surface area contributed by atoms with Gasteiger partial charge in [-0.05, 0) is 30.3 Å². The number of hydrogen-bond acceptors (Lipinski definition) is 2. The Morgan fingerprint density at radius 1 is 1.00 bits per heavy atom. The number of aromatic nitrogens is 1. The van der Waals surface area contributed by atoms with Crippen LogP contribution in [0.15, 0.2) is 54.6 Å². The van der Waals surface area contributed by atoms with Crippen LogP contribution < -0.4 is 15.0 Å². The first kappa shape index (κ1) is 12.5. The van der Waals surface area contributed by atoms with Crippen molar-refractivity contribution in [3.05, 3.63) is 60.3 Å². The second kappa shape index (κ2) is 5.21. The topological polar surface area (TPSA) is 35.4 Å². The highest BCUT2D eigenvalue weighted by Gasteiger charge is 2.08. The van der Waals surface area contributed by atoms with Crippen molar-refractivity contribution in [3.8, 4) is 5.75 Å². The Balaban J connectivity index is 2.01. The van der Waals surface area contributed by atoms with Gasteiger partial charge < -0.3 is 10.1 Å². The summed E-state index contributed by atoms with van der Waals surface area (Å²) in [5, 5.41) is 4.64. The first-order chi connectivity index (χ1) is 9.76. The molecule has 3 aromatic rings. The summed E-state index contributed by atoms with van der Waals surface area (Å²) in [6, 6.07) is 18.3. The lowest BCUT2D eigenvalue weighted by atomic mass is 10.1. The van der Waals surface area contributed by atoms with Crippen LogP contribution in [0, 0.1) is 6.92 Å². The summed E-state index contributed by atoms with van der Waals surface area (Å²) in [6.07, 6.45) is 0. The van der Waals surface area contributed by atoms with Crippen LogP contribution in [-0.2, 0) is 0 Å². The highest BCUT2D eigenvalue weighted by Crippen LogP contribution is 2.25. The average molecular weight is 265 g/mol. The van der Waals surface area contributed by atoms with E-state index in [-0.39, 0.29) is 0 Å². The van der Waals surface area contributed by atoms with Crippen LogP contribution in [0.3, 0.4) is 0 Å². The SMILES string of the molecule is COc1ccc(Nc2cc(C)[nH+]c3ccccc23)cc1. The molecule has 3 nitrogen and oxygen atoms in total. The van der Waals surface area contributed by atoms with E-state index in [1.165, 1.54) is 5.39 Å². The number of H-pyrrole nitrogens is 1. The highest BCUT2D eigenvalue weighted by atomic mass is 16.5. The number of anilines is 2. The monoisotopic (exact) mass is 265 g/mol. The molecule has 2 aromatic carbocycles. The molecule has 0 fully saturated rings. The minimum absolute atomic E-state index is 0.859. The second-order valence-electron chi connectivity index (χ2n) is 4.77. The highest BCUT2D eigenvalue weighted by molar-refractivity contribution is 5.91. The molecule has 0 aliphatic heterocycles. The van der Waals surface area contributed by atoms with Crippen molar-refractivity contribution in [3.63, 3.8) is 0 Å². The molecule has 1 heterocycles. The minimum atomic E-state index is 0.859. The Kier molecular flexibility index (Phi) is 3.25.